The number of carbonyl (C=O) groups is 1. The molecule has 1 aromatic heterocycles. The Morgan fingerprint density at radius 3 is 2.95 bits per heavy atom. The fraction of sp³-hybridized carbons (Fsp3) is 0.294. The lowest BCUT2D eigenvalue weighted by molar-refractivity contribution is -0.121. The van der Waals surface area contributed by atoms with Crippen LogP contribution in [0, 0.1) is 0 Å². The van der Waals surface area contributed by atoms with Gasteiger partial charge >= 0.3 is 0 Å². The molecule has 116 valence electrons. The number of hydrogen-bond acceptors (Lipinski definition) is 3. The van der Waals surface area contributed by atoms with E-state index in [1.165, 1.54) is 0 Å². The number of nitrogens with zero attached hydrogens (tertiary/aromatic N) is 1. The van der Waals surface area contributed by atoms with E-state index in [4.69, 9.17) is 16.3 Å². The topological polar surface area (TPSA) is 51.2 Å². The third-order valence-corrected chi connectivity index (χ3v) is 3.32. The molecule has 1 aromatic carbocycles. The van der Waals surface area contributed by atoms with Crippen molar-refractivity contribution in [1.82, 2.24) is 10.3 Å². The van der Waals surface area contributed by atoms with E-state index in [0.717, 1.165) is 5.56 Å². The van der Waals surface area contributed by atoms with E-state index in [1.54, 1.807) is 24.5 Å². The minimum Gasteiger partial charge on any atom is -0.489 e. The highest BCUT2D eigenvalue weighted by molar-refractivity contribution is 6.30. The summed E-state index contributed by atoms with van der Waals surface area (Å²) in [4.78, 5) is 15.8. The molecule has 0 aliphatic carbocycles. The van der Waals surface area contributed by atoms with Crippen LogP contribution < -0.4 is 10.1 Å². The standard InChI is InChI=1S/C17H19ClN2O2/c1-13(22-16-6-2-5-15(18)10-16)11-20-17(21)8-7-14-4-3-9-19-12-14/h2-6,9-10,12-13H,7-8,11H2,1H3,(H,20,21)/t13-/m0/s1. The van der Waals surface area contributed by atoms with Crippen molar-refractivity contribution in [3.8, 4) is 5.75 Å². The first-order valence-corrected chi connectivity index (χ1v) is 7.59. The molecule has 2 rings (SSSR count). The summed E-state index contributed by atoms with van der Waals surface area (Å²) in [5.41, 5.74) is 1.06. The molecule has 0 aliphatic rings. The summed E-state index contributed by atoms with van der Waals surface area (Å²) in [7, 11) is 0. The first kappa shape index (κ1) is 16.3. The third-order valence-electron chi connectivity index (χ3n) is 3.08. The molecule has 1 N–H and O–H groups in total. The molecule has 0 spiro atoms. The second kappa shape index (κ2) is 8.39. The third kappa shape index (κ3) is 5.74. The van der Waals surface area contributed by atoms with Crippen molar-refractivity contribution in [2.24, 2.45) is 0 Å². The number of pyridine rings is 1. The summed E-state index contributed by atoms with van der Waals surface area (Å²) >= 11 is 5.90. The van der Waals surface area contributed by atoms with E-state index < -0.39 is 0 Å². The van der Waals surface area contributed by atoms with E-state index in [0.29, 0.717) is 30.2 Å². The number of carbonyl (C=O) groups excluding carboxylic acids is 1. The molecule has 1 atom stereocenters. The molecule has 0 unspecified atom stereocenters. The Hall–Kier alpha value is -2.07. The van der Waals surface area contributed by atoms with Gasteiger partial charge in [0, 0.05) is 23.8 Å². The fourth-order valence-corrected chi connectivity index (χ4v) is 2.14. The van der Waals surface area contributed by atoms with Crippen LogP contribution in [0.15, 0.2) is 48.8 Å². The van der Waals surface area contributed by atoms with Gasteiger partial charge in [0.05, 0.1) is 6.54 Å². The molecular formula is C17H19ClN2O2. The fourth-order valence-electron chi connectivity index (χ4n) is 1.96. The molecule has 0 saturated carbocycles. The van der Waals surface area contributed by atoms with Gasteiger partial charge < -0.3 is 10.1 Å². The van der Waals surface area contributed by atoms with Gasteiger partial charge in [-0.3, -0.25) is 9.78 Å². The molecule has 2 aromatic rings. The lowest BCUT2D eigenvalue weighted by atomic mass is 10.1. The average molecular weight is 319 g/mol. The zero-order chi connectivity index (χ0) is 15.8. The van der Waals surface area contributed by atoms with E-state index in [-0.39, 0.29) is 12.0 Å². The van der Waals surface area contributed by atoms with Crippen molar-refractivity contribution in [3.63, 3.8) is 0 Å². The van der Waals surface area contributed by atoms with Crippen molar-refractivity contribution in [2.45, 2.75) is 25.9 Å². The first-order valence-electron chi connectivity index (χ1n) is 7.21. The minimum absolute atomic E-state index is 0.00500. The maximum Gasteiger partial charge on any atom is 0.220 e. The van der Waals surface area contributed by atoms with Crippen LogP contribution in [0.25, 0.3) is 0 Å². The lowest BCUT2D eigenvalue weighted by Gasteiger charge is -2.15. The lowest BCUT2D eigenvalue weighted by Crippen LogP contribution is -2.33. The zero-order valence-electron chi connectivity index (χ0n) is 12.5. The summed E-state index contributed by atoms with van der Waals surface area (Å²) in [6, 6.07) is 11.0. The monoisotopic (exact) mass is 318 g/mol. The quantitative estimate of drug-likeness (QED) is 0.852. The minimum atomic E-state index is -0.124. The van der Waals surface area contributed by atoms with Crippen LogP contribution in [0.2, 0.25) is 5.02 Å². The highest BCUT2D eigenvalue weighted by atomic mass is 35.5. The molecule has 0 saturated heterocycles. The summed E-state index contributed by atoms with van der Waals surface area (Å²) < 4.78 is 5.70. The molecule has 1 amide bonds. The molecule has 0 bridgehead atoms. The van der Waals surface area contributed by atoms with Crippen LogP contribution in [-0.4, -0.2) is 23.5 Å². The number of hydrogen-bond donors (Lipinski definition) is 1. The Bertz CT molecular complexity index is 605. The van der Waals surface area contributed by atoms with Crippen molar-refractivity contribution < 1.29 is 9.53 Å². The molecule has 5 heteroatoms. The predicted octanol–water partition coefficient (Wildman–Crippen LogP) is 3.25. The average Bonchev–Trinajstić information content (AvgIpc) is 2.52. The number of aromatic nitrogens is 1. The van der Waals surface area contributed by atoms with E-state index in [2.05, 4.69) is 10.3 Å². The van der Waals surface area contributed by atoms with Crippen LogP contribution >= 0.6 is 11.6 Å². The Balaban J connectivity index is 1.69. The van der Waals surface area contributed by atoms with Gasteiger partial charge in [0.1, 0.15) is 11.9 Å². The largest absolute Gasteiger partial charge is 0.489 e. The molecule has 4 nitrogen and oxygen atoms in total. The van der Waals surface area contributed by atoms with Gasteiger partial charge in [-0.15, -0.1) is 0 Å². The predicted molar refractivity (Wildman–Crippen MR) is 87.1 cm³/mol. The van der Waals surface area contributed by atoms with Gasteiger partial charge in [-0.25, -0.2) is 0 Å². The van der Waals surface area contributed by atoms with Gasteiger partial charge in [0.25, 0.3) is 0 Å². The van der Waals surface area contributed by atoms with Gasteiger partial charge in [-0.2, -0.15) is 0 Å². The smallest absolute Gasteiger partial charge is 0.220 e. The summed E-state index contributed by atoms with van der Waals surface area (Å²) in [6.07, 6.45) is 4.50. The van der Waals surface area contributed by atoms with Gasteiger partial charge in [0.2, 0.25) is 5.91 Å². The van der Waals surface area contributed by atoms with Gasteiger partial charge in [-0.1, -0.05) is 23.7 Å². The number of rotatable bonds is 7. The summed E-state index contributed by atoms with van der Waals surface area (Å²) in [6.45, 7) is 2.36. The van der Waals surface area contributed by atoms with Crippen molar-refractivity contribution in [2.75, 3.05) is 6.54 Å². The second-order valence-corrected chi connectivity index (χ2v) is 5.49. The zero-order valence-corrected chi connectivity index (χ0v) is 13.2. The molecule has 0 radical (unpaired) electrons. The highest BCUT2D eigenvalue weighted by Crippen LogP contribution is 2.18. The maximum atomic E-state index is 11.8. The second-order valence-electron chi connectivity index (χ2n) is 5.05. The summed E-state index contributed by atoms with van der Waals surface area (Å²) in [5.74, 6) is 0.704. The number of halogens is 1. The SMILES string of the molecule is C[C@@H](CNC(=O)CCc1cccnc1)Oc1cccc(Cl)c1. The Labute approximate surface area is 135 Å². The van der Waals surface area contributed by atoms with Crippen molar-refractivity contribution in [1.29, 1.82) is 0 Å². The van der Waals surface area contributed by atoms with Gasteiger partial charge in [0.15, 0.2) is 0 Å². The van der Waals surface area contributed by atoms with Crippen LogP contribution in [0.1, 0.15) is 18.9 Å². The van der Waals surface area contributed by atoms with Crippen molar-refractivity contribution in [3.05, 3.63) is 59.4 Å². The molecule has 1 heterocycles. The van der Waals surface area contributed by atoms with E-state index >= 15 is 0 Å². The Morgan fingerprint density at radius 2 is 2.23 bits per heavy atom. The molecule has 22 heavy (non-hydrogen) atoms. The molecule has 0 aliphatic heterocycles. The Kier molecular flexibility index (Phi) is 6.22. The van der Waals surface area contributed by atoms with Crippen LogP contribution in [0.5, 0.6) is 5.75 Å². The molecule has 0 fully saturated rings. The van der Waals surface area contributed by atoms with Crippen molar-refractivity contribution >= 4 is 17.5 Å². The van der Waals surface area contributed by atoms with Crippen LogP contribution in [-0.2, 0) is 11.2 Å². The molecular weight excluding hydrogens is 300 g/mol. The first-order chi connectivity index (χ1) is 10.6. The number of ether oxygens (including phenoxy) is 1. The summed E-state index contributed by atoms with van der Waals surface area (Å²) in [5, 5.41) is 3.50. The van der Waals surface area contributed by atoms with E-state index in [9.17, 15) is 4.79 Å². The van der Waals surface area contributed by atoms with Gasteiger partial charge in [-0.05, 0) is 43.2 Å². The Morgan fingerprint density at radius 1 is 1.36 bits per heavy atom. The maximum absolute atomic E-state index is 11.8. The normalized spacial score (nSPS) is 11.7. The number of nitrogens with one attached hydrogen (secondary N) is 1. The van der Waals surface area contributed by atoms with Crippen LogP contribution in [0.3, 0.4) is 0 Å². The van der Waals surface area contributed by atoms with Crippen LogP contribution in [0.4, 0.5) is 0 Å². The number of benzene rings is 1. The highest BCUT2D eigenvalue weighted by Gasteiger charge is 2.07. The number of aryl methyl sites for hydroxylation is 1. The number of amides is 1. The van der Waals surface area contributed by atoms with E-state index in [1.807, 2.05) is 31.2 Å².